The Morgan fingerprint density at radius 2 is 2.29 bits per heavy atom. The zero-order valence-electron chi connectivity index (χ0n) is 7.30. The highest BCUT2D eigenvalue weighted by molar-refractivity contribution is 5.92. The van der Waals surface area contributed by atoms with Crippen LogP contribution >= 0.6 is 0 Å². The Bertz CT molecular complexity index is 331. The second kappa shape index (κ2) is 3.69. The first kappa shape index (κ1) is 10.6. The minimum Gasteiger partial charge on any atom is -0.342 e. The number of aromatic nitrogens is 2. The molecule has 78 valence electrons. The quantitative estimate of drug-likeness (QED) is 0.776. The Labute approximate surface area is 77.7 Å². The van der Waals surface area contributed by atoms with Crippen molar-refractivity contribution < 1.29 is 18.0 Å². The summed E-state index contributed by atoms with van der Waals surface area (Å²) in [6.07, 6.45) is -3.06. The summed E-state index contributed by atoms with van der Waals surface area (Å²) in [6.45, 7) is -1.34. The second-order valence-electron chi connectivity index (χ2n) is 2.64. The van der Waals surface area contributed by atoms with Crippen LogP contribution in [-0.4, -0.2) is 28.4 Å². The van der Waals surface area contributed by atoms with Crippen LogP contribution in [0, 0.1) is 0 Å². The average Bonchev–Trinajstić information content (AvgIpc) is 2.46. The summed E-state index contributed by atoms with van der Waals surface area (Å²) >= 11 is 0. The molecule has 0 bridgehead atoms. The Balaban J connectivity index is 2.56. The number of hydrogen-bond acceptors (Lipinski definition) is 2. The SMILES string of the molecule is Cn1nccc1C(=O)NCC(F)(F)F. The van der Waals surface area contributed by atoms with E-state index in [2.05, 4.69) is 5.10 Å². The van der Waals surface area contributed by atoms with Crippen molar-refractivity contribution in [2.24, 2.45) is 7.05 Å². The Morgan fingerprint density at radius 1 is 1.64 bits per heavy atom. The van der Waals surface area contributed by atoms with Crippen molar-refractivity contribution in [3.63, 3.8) is 0 Å². The van der Waals surface area contributed by atoms with Gasteiger partial charge in [-0.3, -0.25) is 9.48 Å². The summed E-state index contributed by atoms with van der Waals surface area (Å²) in [5.74, 6) is -0.790. The highest BCUT2D eigenvalue weighted by atomic mass is 19.4. The Morgan fingerprint density at radius 3 is 2.71 bits per heavy atom. The summed E-state index contributed by atoms with van der Waals surface area (Å²) < 4.78 is 36.4. The molecule has 7 heteroatoms. The van der Waals surface area contributed by atoms with E-state index in [9.17, 15) is 18.0 Å². The van der Waals surface area contributed by atoms with Gasteiger partial charge in [-0.1, -0.05) is 0 Å². The number of carbonyl (C=O) groups is 1. The zero-order chi connectivity index (χ0) is 10.8. The van der Waals surface area contributed by atoms with E-state index in [4.69, 9.17) is 0 Å². The minimum absolute atomic E-state index is 0.0919. The van der Waals surface area contributed by atoms with Gasteiger partial charge in [0.15, 0.2) is 0 Å². The molecule has 0 aliphatic carbocycles. The second-order valence-corrected chi connectivity index (χ2v) is 2.64. The fourth-order valence-corrected chi connectivity index (χ4v) is 0.868. The highest BCUT2D eigenvalue weighted by Gasteiger charge is 2.28. The molecule has 0 aliphatic heterocycles. The number of hydrogen-bond donors (Lipinski definition) is 1. The molecule has 0 atom stereocenters. The summed E-state index contributed by atoms with van der Waals surface area (Å²) in [7, 11) is 1.47. The number of alkyl halides is 3. The van der Waals surface area contributed by atoms with Crippen LogP contribution in [-0.2, 0) is 7.05 Å². The zero-order valence-corrected chi connectivity index (χ0v) is 7.30. The number of nitrogens with one attached hydrogen (secondary N) is 1. The maximum atomic E-state index is 11.7. The van der Waals surface area contributed by atoms with E-state index >= 15 is 0 Å². The van der Waals surface area contributed by atoms with Gasteiger partial charge in [0.2, 0.25) is 0 Å². The lowest BCUT2D eigenvalue weighted by molar-refractivity contribution is -0.123. The molecule has 0 saturated heterocycles. The van der Waals surface area contributed by atoms with Crippen molar-refractivity contribution >= 4 is 5.91 Å². The fraction of sp³-hybridized carbons (Fsp3) is 0.429. The Kier molecular flexibility index (Phi) is 2.78. The number of carbonyl (C=O) groups excluding carboxylic acids is 1. The van der Waals surface area contributed by atoms with Gasteiger partial charge in [0.25, 0.3) is 5.91 Å². The van der Waals surface area contributed by atoms with Crippen molar-refractivity contribution in [2.45, 2.75) is 6.18 Å². The lowest BCUT2D eigenvalue weighted by Crippen LogP contribution is -2.34. The summed E-state index contributed by atoms with van der Waals surface area (Å²) in [5.41, 5.74) is 0.0919. The predicted octanol–water partition coefficient (Wildman–Crippen LogP) is 0.712. The molecule has 1 aromatic rings. The third kappa shape index (κ3) is 2.75. The standard InChI is InChI=1S/C7H8F3N3O/c1-13-5(2-3-12-13)6(14)11-4-7(8,9)10/h2-3H,4H2,1H3,(H,11,14). The molecular formula is C7H8F3N3O. The molecule has 1 amide bonds. The summed E-state index contributed by atoms with van der Waals surface area (Å²) in [6, 6.07) is 1.34. The van der Waals surface area contributed by atoms with Gasteiger partial charge >= 0.3 is 6.18 Å². The van der Waals surface area contributed by atoms with Crippen LogP contribution in [0.1, 0.15) is 10.5 Å². The highest BCUT2D eigenvalue weighted by Crippen LogP contribution is 2.12. The monoisotopic (exact) mass is 207 g/mol. The molecule has 1 rings (SSSR count). The molecule has 0 aliphatic rings. The van der Waals surface area contributed by atoms with E-state index < -0.39 is 18.6 Å². The van der Waals surface area contributed by atoms with E-state index in [1.165, 1.54) is 24.0 Å². The molecule has 0 unspecified atom stereocenters. The smallest absolute Gasteiger partial charge is 0.342 e. The van der Waals surface area contributed by atoms with Crippen LogP contribution in [0.2, 0.25) is 0 Å². The molecule has 0 saturated carbocycles. The van der Waals surface area contributed by atoms with Gasteiger partial charge < -0.3 is 5.32 Å². The molecule has 1 aromatic heterocycles. The molecule has 0 spiro atoms. The van der Waals surface area contributed by atoms with Crippen molar-refractivity contribution in [3.05, 3.63) is 18.0 Å². The molecule has 1 heterocycles. The van der Waals surface area contributed by atoms with Crippen LogP contribution in [0.5, 0.6) is 0 Å². The largest absolute Gasteiger partial charge is 0.405 e. The molecule has 4 nitrogen and oxygen atoms in total. The molecular weight excluding hydrogens is 199 g/mol. The maximum absolute atomic E-state index is 11.7. The van der Waals surface area contributed by atoms with Crippen LogP contribution in [0.3, 0.4) is 0 Å². The van der Waals surface area contributed by atoms with E-state index in [1.54, 1.807) is 5.32 Å². The molecule has 14 heavy (non-hydrogen) atoms. The van der Waals surface area contributed by atoms with Gasteiger partial charge in [0, 0.05) is 13.2 Å². The Hall–Kier alpha value is -1.53. The molecule has 0 fully saturated rings. The molecule has 0 radical (unpaired) electrons. The lowest BCUT2D eigenvalue weighted by Gasteiger charge is -2.07. The van der Waals surface area contributed by atoms with Gasteiger partial charge in [-0.15, -0.1) is 0 Å². The van der Waals surface area contributed by atoms with Gasteiger partial charge in [0.05, 0.1) is 0 Å². The van der Waals surface area contributed by atoms with Crippen LogP contribution in [0.4, 0.5) is 13.2 Å². The first-order chi connectivity index (χ1) is 6.40. The van der Waals surface area contributed by atoms with Crippen LogP contribution < -0.4 is 5.32 Å². The van der Waals surface area contributed by atoms with E-state index in [0.29, 0.717) is 0 Å². The minimum atomic E-state index is -4.39. The maximum Gasteiger partial charge on any atom is 0.405 e. The van der Waals surface area contributed by atoms with Gasteiger partial charge in [-0.05, 0) is 6.07 Å². The van der Waals surface area contributed by atoms with Crippen molar-refractivity contribution in [3.8, 4) is 0 Å². The number of nitrogens with zero attached hydrogens (tertiary/aromatic N) is 2. The van der Waals surface area contributed by atoms with Crippen LogP contribution in [0.15, 0.2) is 12.3 Å². The van der Waals surface area contributed by atoms with Crippen molar-refractivity contribution in [1.82, 2.24) is 15.1 Å². The third-order valence-corrected chi connectivity index (χ3v) is 1.50. The van der Waals surface area contributed by atoms with E-state index in [1.807, 2.05) is 0 Å². The topological polar surface area (TPSA) is 46.9 Å². The fourth-order valence-electron chi connectivity index (χ4n) is 0.868. The number of amides is 1. The van der Waals surface area contributed by atoms with Gasteiger partial charge in [-0.25, -0.2) is 0 Å². The molecule has 0 aromatic carbocycles. The molecule has 1 N–H and O–H groups in total. The number of rotatable bonds is 2. The van der Waals surface area contributed by atoms with E-state index in [0.717, 1.165) is 0 Å². The van der Waals surface area contributed by atoms with E-state index in [-0.39, 0.29) is 5.69 Å². The van der Waals surface area contributed by atoms with Crippen molar-refractivity contribution in [2.75, 3.05) is 6.54 Å². The first-order valence-corrected chi connectivity index (χ1v) is 3.73. The number of aryl methyl sites for hydroxylation is 1. The van der Waals surface area contributed by atoms with Gasteiger partial charge in [-0.2, -0.15) is 18.3 Å². The lowest BCUT2D eigenvalue weighted by atomic mass is 10.4. The number of halogens is 3. The first-order valence-electron chi connectivity index (χ1n) is 3.73. The van der Waals surface area contributed by atoms with Gasteiger partial charge in [0.1, 0.15) is 12.2 Å². The van der Waals surface area contributed by atoms with Crippen LogP contribution in [0.25, 0.3) is 0 Å². The van der Waals surface area contributed by atoms with Crippen molar-refractivity contribution in [1.29, 1.82) is 0 Å². The summed E-state index contributed by atoms with van der Waals surface area (Å²) in [5, 5.41) is 5.40. The normalized spacial score (nSPS) is 11.4. The summed E-state index contributed by atoms with van der Waals surface area (Å²) in [4.78, 5) is 11.1. The predicted molar refractivity (Wildman–Crippen MR) is 41.6 cm³/mol. The average molecular weight is 207 g/mol. The third-order valence-electron chi connectivity index (χ3n) is 1.50.